The Morgan fingerprint density at radius 1 is 1.20 bits per heavy atom. The zero-order chi connectivity index (χ0) is 17.5. The van der Waals surface area contributed by atoms with Crippen LogP contribution in [0.25, 0.3) is 0 Å². The molecular weight excluding hydrogens is 316 g/mol. The first-order valence-corrected chi connectivity index (χ1v) is 8.66. The second-order valence-corrected chi connectivity index (χ2v) is 6.33. The molecule has 2 aromatic rings. The van der Waals surface area contributed by atoms with Crippen molar-refractivity contribution in [3.63, 3.8) is 0 Å². The number of benzene rings is 2. The van der Waals surface area contributed by atoms with E-state index in [1.165, 1.54) is 11.6 Å². The lowest BCUT2D eigenvalue weighted by Gasteiger charge is -2.24. The first-order valence-electron chi connectivity index (χ1n) is 8.66. The van der Waals surface area contributed by atoms with Crippen LogP contribution in [0.5, 0.6) is 5.75 Å². The Hall–Kier alpha value is -2.37. The zero-order valence-electron chi connectivity index (χ0n) is 14.2. The van der Waals surface area contributed by atoms with Gasteiger partial charge in [-0.25, -0.2) is 0 Å². The summed E-state index contributed by atoms with van der Waals surface area (Å²) in [6.45, 7) is 3.83. The Labute approximate surface area is 148 Å². The summed E-state index contributed by atoms with van der Waals surface area (Å²) in [4.78, 5) is 14.6. The SMILES string of the molecule is O=C(NCC1CN(Cc2ccccc2)CCCO1)c1cccc(O)c1. The first kappa shape index (κ1) is 17.5. The second-order valence-electron chi connectivity index (χ2n) is 6.33. The summed E-state index contributed by atoms with van der Waals surface area (Å²) in [5.41, 5.74) is 1.74. The lowest BCUT2D eigenvalue weighted by Crippen LogP contribution is -2.40. The lowest BCUT2D eigenvalue weighted by atomic mass is 10.2. The average molecular weight is 340 g/mol. The van der Waals surface area contributed by atoms with E-state index in [2.05, 4.69) is 34.5 Å². The molecule has 0 aromatic heterocycles. The van der Waals surface area contributed by atoms with E-state index in [9.17, 15) is 9.90 Å². The van der Waals surface area contributed by atoms with Gasteiger partial charge in [0.1, 0.15) is 5.75 Å². The number of phenols is 1. The van der Waals surface area contributed by atoms with Crippen LogP contribution in [0.2, 0.25) is 0 Å². The van der Waals surface area contributed by atoms with Gasteiger partial charge in [0.15, 0.2) is 0 Å². The Bertz CT molecular complexity index is 690. The largest absolute Gasteiger partial charge is 0.508 e. The maximum absolute atomic E-state index is 12.2. The molecule has 1 amide bonds. The van der Waals surface area contributed by atoms with Crippen LogP contribution in [-0.2, 0) is 11.3 Å². The molecule has 0 radical (unpaired) electrons. The molecular formula is C20H24N2O3. The van der Waals surface area contributed by atoms with E-state index in [-0.39, 0.29) is 17.8 Å². The third-order valence-electron chi connectivity index (χ3n) is 4.28. The number of rotatable bonds is 5. The average Bonchev–Trinajstić information content (AvgIpc) is 2.85. The third kappa shape index (κ3) is 5.31. The molecule has 1 atom stereocenters. The summed E-state index contributed by atoms with van der Waals surface area (Å²) >= 11 is 0. The van der Waals surface area contributed by atoms with Gasteiger partial charge in [-0.2, -0.15) is 0 Å². The summed E-state index contributed by atoms with van der Waals surface area (Å²) in [5, 5.41) is 12.4. The molecule has 5 nitrogen and oxygen atoms in total. The van der Waals surface area contributed by atoms with Gasteiger partial charge in [-0.1, -0.05) is 36.4 Å². The van der Waals surface area contributed by atoms with Gasteiger partial charge < -0.3 is 15.2 Å². The predicted molar refractivity (Wildman–Crippen MR) is 96.5 cm³/mol. The molecule has 3 rings (SSSR count). The van der Waals surface area contributed by atoms with Crippen LogP contribution in [0.3, 0.4) is 0 Å². The quantitative estimate of drug-likeness (QED) is 0.877. The van der Waals surface area contributed by atoms with E-state index in [0.29, 0.717) is 18.7 Å². The van der Waals surface area contributed by atoms with Crippen LogP contribution < -0.4 is 5.32 Å². The van der Waals surface area contributed by atoms with Crippen molar-refractivity contribution in [2.24, 2.45) is 0 Å². The van der Waals surface area contributed by atoms with Gasteiger partial charge in [0.2, 0.25) is 0 Å². The van der Waals surface area contributed by atoms with E-state index in [4.69, 9.17) is 4.74 Å². The zero-order valence-corrected chi connectivity index (χ0v) is 14.2. The summed E-state index contributed by atoms with van der Waals surface area (Å²) in [6.07, 6.45) is 0.955. The number of hydrogen-bond donors (Lipinski definition) is 2. The third-order valence-corrected chi connectivity index (χ3v) is 4.28. The van der Waals surface area contributed by atoms with Crippen molar-refractivity contribution in [1.82, 2.24) is 10.2 Å². The predicted octanol–water partition coefficient (Wildman–Crippen LogP) is 2.41. The van der Waals surface area contributed by atoms with Crippen LogP contribution in [0, 0.1) is 0 Å². The highest BCUT2D eigenvalue weighted by molar-refractivity contribution is 5.94. The van der Waals surface area contributed by atoms with E-state index in [1.54, 1.807) is 18.2 Å². The summed E-state index contributed by atoms with van der Waals surface area (Å²) in [7, 11) is 0. The fourth-order valence-electron chi connectivity index (χ4n) is 3.03. The van der Waals surface area contributed by atoms with E-state index < -0.39 is 0 Å². The molecule has 1 saturated heterocycles. The number of carbonyl (C=O) groups excluding carboxylic acids is 1. The van der Waals surface area contributed by atoms with Gasteiger partial charge in [-0.3, -0.25) is 9.69 Å². The molecule has 0 aliphatic carbocycles. The Morgan fingerprint density at radius 3 is 2.84 bits per heavy atom. The highest BCUT2D eigenvalue weighted by atomic mass is 16.5. The number of ether oxygens (including phenoxy) is 1. The van der Waals surface area contributed by atoms with Crippen molar-refractivity contribution >= 4 is 5.91 Å². The highest BCUT2D eigenvalue weighted by Gasteiger charge is 2.19. The van der Waals surface area contributed by atoms with Gasteiger partial charge in [0, 0.05) is 38.3 Å². The van der Waals surface area contributed by atoms with Crippen molar-refractivity contribution < 1.29 is 14.6 Å². The van der Waals surface area contributed by atoms with Crippen LogP contribution in [-0.4, -0.2) is 48.3 Å². The van der Waals surface area contributed by atoms with Crippen molar-refractivity contribution in [1.29, 1.82) is 0 Å². The minimum atomic E-state index is -0.196. The summed E-state index contributed by atoms with van der Waals surface area (Å²) in [5.74, 6) is -0.106. The molecule has 0 spiro atoms. The molecule has 2 N–H and O–H groups in total. The molecule has 1 unspecified atom stereocenters. The number of hydrogen-bond acceptors (Lipinski definition) is 4. The highest BCUT2D eigenvalue weighted by Crippen LogP contribution is 2.12. The smallest absolute Gasteiger partial charge is 0.251 e. The molecule has 1 aliphatic heterocycles. The fourth-order valence-corrected chi connectivity index (χ4v) is 3.03. The van der Waals surface area contributed by atoms with Gasteiger partial charge in [-0.15, -0.1) is 0 Å². The molecule has 5 heteroatoms. The Balaban J connectivity index is 1.53. The number of amides is 1. The molecule has 0 saturated carbocycles. The van der Waals surface area contributed by atoms with Crippen LogP contribution in [0.15, 0.2) is 54.6 Å². The lowest BCUT2D eigenvalue weighted by molar-refractivity contribution is 0.0510. The molecule has 0 bridgehead atoms. The van der Waals surface area contributed by atoms with E-state index in [1.807, 2.05) is 6.07 Å². The normalized spacial score (nSPS) is 18.5. The molecule has 1 fully saturated rings. The molecule has 1 aliphatic rings. The van der Waals surface area contributed by atoms with E-state index >= 15 is 0 Å². The summed E-state index contributed by atoms with van der Waals surface area (Å²) in [6, 6.07) is 16.7. The van der Waals surface area contributed by atoms with Crippen molar-refractivity contribution in [3.8, 4) is 5.75 Å². The minimum absolute atomic E-state index is 0.0347. The monoisotopic (exact) mass is 340 g/mol. The standard InChI is InChI=1S/C20H24N2O3/c23-18-9-4-8-17(12-18)20(24)21-13-19-15-22(10-5-11-25-19)14-16-6-2-1-3-7-16/h1-4,6-9,12,19,23H,5,10-11,13-15H2,(H,21,24). The van der Waals surface area contributed by atoms with Gasteiger partial charge in [0.05, 0.1) is 6.10 Å². The maximum atomic E-state index is 12.2. The van der Waals surface area contributed by atoms with Crippen molar-refractivity contribution in [2.45, 2.75) is 19.1 Å². The topological polar surface area (TPSA) is 61.8 Å². The Morgan fingerprint density at radius 2 is 2.04 bits per heavy atom. The van der Waals surface area contributed by atoms with Crippen LogP contribution >= 0.6 is 0 Å². The van der Waals surface area contributed by atoms with Crippen molar-refractivity contribution in [3.05, 3.63) is 65.7 Å². The number of aromatic hydroxyl groups is 1. The van der Waals surface area contributed by atoms with Gasteiger partial charge >= 0.3 is 0 Å². The summed E-state index contributed by atoms with van der Waals surface area (Å²) < 4.78 is 5.88. The fraction of sp³-hybridized carbons (Fsp3) is 0.350. The molecule has 2 aromatic carbocycles. The van der Waals surface area contributed by atoms with E-state index in [0.717, 1.165) is 26.1 Å². The van der Waals surface area contributed by atoms with Gasteiger partial charge in [0.25, 0.3) is 5.91 Å². The second kappa shape index (κ2) is 8.65. The number of phenolic OH excluding ortho intramolecular Hbond substituents is 1. The maximum Gasteiger partial charge on any atom is 0.251 e. The Kier molecular flexibility index (Phi) is 6.04. The van der Waals surface area contributed by atoms with Crippen LogP contribution in [0.4, 0.5) is 0 Å². The van der Waals surface area contributed by atoms with Gasteiger partial charge in [-0.05, 0) is 30.2 Å². The number of carbonyl (C=O) groups is 1. The molecule has 132 valence electrons. The molecule has 1 heterocycles. The minimum Gasteiger partial charge on any atom is -0.508 e. The van der Waals surface area contributed by atoms with Crippen LogP contribution in [0.1, 0.15) is 22.3 Å². The number of nitrogens with one attached hydrogen (secondary N) is 1. The number of nitrogens with zero attached hydrogens (tertiary/aromatic N) is 1. The first-order chi connectivity index (χ1) is 12.2. The molecule has 25 heavy (non-hydrogen) atoms. The van der Waals surface area contributed by atoms with Crippen molar-refractivity contribution in [2.75, 3.05) is 26.2 Å².